The van der Waals surface area contributed by atoms with Crippen molar-refractivity contribution in [3.05, 3.63) is 57.1 Å². The fraction of sp³-hybridized carbons (Fsp3) is 0.450. The lowest BCUT2D eigenvalue weighted by Gasteiger charge is -2.30. The number of rotatable bonds is 7. The van der Waals surface area contributed by atoms with E-state index >= 15 is 0 Å². The average Bonchev–Trinajstić information content (AvgIpc) is 2.73. The molecular weight excluding hydrogens is 415 g/mol. The van der Waals surface area contributed by atoms with Crippen LogP contribution in [0.25, 0.3) is 0 Å². The number of ether oxygens (including phenoxy) is 1. The summed E-state index contributed by atoms with van der Waals surface area (Å²) in [6.45, 7) is 1.41. The Bertz CT molecular complexity index is 866. The summed E-state index contributed by atoms with van der Waals surface area (Å²) in [6.07, 6.45) is 3.76. The van der Waals surface area contributed by atoms with Crippen LogP contribution < -0.4 is 5.32 Å². The van der Waals surface area contributed by atoms with Gasteiger partial charge in [0.1, 0.15) is 5.82 Å². The number of methoxy groups -OCH3 is 1. The molecule has 0 spiro atoms. The van der Waals surface area contributed by atoms with E-state index in [0.29, 0.717) is 54.8 Å². The van der Waals surface area contributed by atoms with Crippen molar-refractivity contribution < 1.29 is 14.6 Å². The number of aliphatic hydroxyl groups is 1. The van der Waals surface area contributed by atoms with Gasteiger partial charge in [-0.2, -0.15) is 0 Å². The second-order valence-electron chi connectivity index (χ2n) is 6.89. The number of aliphatic hydroxyl groups excluding tert-OH is 1. The molecule has 9 heteroatoms. The molecule has 0 saturated heterocycles. The van der Waals surface area contributed by atoms with Gasteiger partial charge in [0.15, 0.2) is 0 Å². The minimum atomic E-state index is -0.353. The Morgan fingerprint density at radius 1 is 1.38 bits per heavy atom. The molecule has 0 unspecified atom stereocenters. The van der Waals surface area contributed by atoms with Gasteiger partial charge in [-0.05, 0) is 36.1 Å². The first-order valence-electron chi connectivity index (χ1n) is 9.45. The smallest absolute Gasteiger partial charge is 0.318 e. The zero-order valence-electron chi connectivity index (χ0n) is 16.2. The standard InChI is InChI=1S/C20H24Cl2N4O3/c1-29-12-18(13-4-5-15(21)16(22)9-13)25-20(28)26-7-6-14-10-23-19(3-2-8-27)24-17(14)11-26/h4-5,9-10,18,27H,2-3,6-8,11-12H2,1H3,(H,25,28)/t18-/m1/s1. The highest BCUT2D eigenvalue weighted by atomic mass is 35.5. The molecule has 1 aliphatic rings. The average molecular weight is 439 g/mol. The lowest BCUT2D eigenvalue weighted by Crippen LogP contribution is -2.45. The Hall–Kier alpha value is -1.93. The first kappa shape index (κ1) is 21.8. The molecule has 0 aliphatic carbocycles. The van der Waals surface area contributed by atoms with Crippen molar-refractivity contribution in [3.8, 4) is 0 Å². The van der Waals surface area contributed by atoms with Crippen LogP contribution in [0.2, 0.25) is 10.0 Å². The molecule has 1 aliphatic heterocycles. The summed E-state index contributed by atoms with van der Waals surface area (Å²) in [5.41, 5.74) is 2.73. The molecule has 2 aromatic rings. The number of hydrogen-bond donors (Lipinski definition) is 2. The van der Waals surface area contributed by atoms with Crippen LogP contribution in [0.15, 0.2) is 24.4 Å². The number of amides is 2. The number of aryl methyl sites for hydroxylation is 1. The molecule has 156 valence electrons. The monoisotopic (exact) mass is 438 g/mol. The van der Waals surface area contributed by atoms with E-state index in [9.17, 15) is 4.79 Å². The second kappa shape index (κ2) is 10.2. The van der Waals surface area contributed by atoms with E-state index in [1.54, 1.807) is 24.1 Å². The number of carbonyl (C=O) groups excluding carboxylic acids is 1. The highest BCUT2D eigenvalue weighted by Crippen LogP contribution is 2.26. The summed E-state index contributed by atoms with van der Waals surface area (Å²) >= 11 is 12.1. The third-order valence-corrected chi connectivity index (χ3v) is 5.56. The number of carbonyl (C=O) groups is 1. The van der Waals surface area contributed by atoms with Crippen molar-refractivity contribution >= 4 is 29.2 Å². The predicted molar refractivity (Wildman–Crippen MR) is 111 cm³/mol. The van der Waals surface area contributed by atoms with Crippen molar-refractivity contribution in [2.75, 3.05) is 26.9 Å². The Balaban J connectivity index is 1.70. The number of hydrogen-bond acceptors (Lipinski definition) is 5. The lowest BCUT2D eigenvalue weighted by atomic mass is 10.1. The zero-order valence-corrected chi connectivity index (χ0v) is 17.7. The van der Waals surface area contributed by atoms with E-state index < -0.39 is 0 Å². The molecule has 2 heterocycles. The Morgan fingerprint density at radius 2 is 2.21 bits per heavy atom. The third kappa shape index (κ3) is 5.57. The molecular formula is C20H24Cl2N4O3. The molecule has 2 amide bonds. The van der Waals surface area contributed by atoms with E-state index in [1.807, 2.05) is 12.3 Å². The maximum Gasteiger partial charge on any atom is 0.318 e. The molecule has 1 atom stereocenters. The summed E-state index contributed by atoms with van der Waals surface area (Å²) in [5.74, 6) is 0.688. The van der Waals surface area contributed by atoms with E-state index in [2.05, 4.69) is 15.3 Å². The van der Waals surface area contributed by atoms with Gasteiger partial charge in [-0.25, -0.2) is 14.8 Å². The summed E-state index contributed by atoms with van der Waals surface area (Å²) in [6, 6.07) is 4.72. The van der Waals surface area contributed by atoms with E-state index in [-0.39, 0.29) is 18.7 Å². The van der Waals surface area contributed by atoms with E-state index in [4.69, 9.17) is 33.0 Å². The molecule has 0 fully saturated rings. The molecule has 0 saturated carbocycles. The fourth-order valence-corrected chi connectivity index (χ4v) is 3.54. The van der Waals surface area contributed by atoms with Gasteiger partial charge in [0.05, 0.1) is 34.9 Å². The van der Waals surface area contributed by atoms with Crippen molar-refractivity contribution in [2.24, 2.45) is 0 Å². The maximum atomic E-state index is 12.9. The number of aromatic nitrogens is 2. The predicted octanol–water partition coefficient (Wildman–Crippen LogP) is 3.16. The van der Waals surface area contributed by atoms with Crippen LogP contribution in [0, 0.1) is 0 Å². The van der Waals surface area contributed by atoms with Crippen LogP contribution in [-0.4, -0.2) is 52.9 Å². The van der Waals surface area contributed by atoms with Gasteiger partial charge >= 0.3 is 6.03 Å². The van der Waals surface area contributed by atoms with Gasteiger partial charge in [0.25, 0.3) is 0 Å². The van der Waals surface area contributed by atoms with Gasteiger partial charge < -0.3 is 20.1 Å². The molecule has 0 bridgehead atoms. The van der Waals surface area contributed by atoms with Crippen molar-refractivity contribution in [2.45, 2.75) is 31.8 Å². The highest BCUT2D eigenvalue weighted by Gasteiger charge is 2.25. The highest BCUT2D eigenvalue weighted by molar-refractivity contribution is 6.42. The van der Waals surface area contributed by atoms with Gasteiger partial charge in [-0.1, -0.05) is 29.3 Å². The van der Waals surface area contributed by atoms with Crippen molar-refractivity contribution in [3.63, 3.8) is 0 Å². The van der Waals surface area contributed by atoms with Crippen LogP contribution in [-0.2, 0) is 24.1 Å². The van der Waals surface area contributed by atoms with Crippen molar-refractivity contribution in [1.29, 1.82) is 0 Å². The number of nitrogens with one attached hydrogen (secondary N) is 1. The van der Waals surface area contributed by atoms with Crippen LogP contribution in [0.3, 0.4) is 0 Å². The van der Waals surface area contributed by atoms with Gasteiger partial charge in [-0.3, -0.25) is 0 Å². The summed E-state index contributed by atoms with van der Waals surface area (Å²) in [7, 11) is 1.58. The lowest BCUT2D eigenvalue weighted by molar-refractivity contribution is 0.152. The first-order valence-corrected chi connectivity index (χ1v) is 10.2. The van der Waals surface area contributed by atoms with Gasteiger partial charge in [0.2, 0.25) is 0 Å². The minimum Gasteiger partial charge on any atom is -0.396 e. The first-order chi connectivity index (χ1) is 14.0. The van der Waals surface area contributed by atoms with Crippen LogP contribution >= 0.6 is 23.2 Å². The largest absolute Gasteiger partial charge is 0.396 e. The Kier molecular flexibility index (Phi) is 7.66. The van der Waals surface area contributed by atoms with E-state index in [0.717, 1.165) is 16.8 Å². The van der Waals surface area contributed by atoms with E-state index in [1.165, 1.54) is 0 Å². The van der Waals surface area contributed by atoms with Gasteiger partial charge in [-0.15, -0.1) is 0 Å². The fourth-order valence-electron chi connectivity index (χ4n) is 3.23. The SMILES string of the molecule is COC[C@@H](NC(=O)N1CCc2cnc(CCCO)nc2C1)c1ccc(Cl)c(Cl)c1. The molecule has 0 radical (unpaired) electrons. The summed E-state index contributed by atoms with van der Waals surface area (Å²) < 4.78 is 5.28. The molecule has 3 rings (SSSR count). The number of halogens is 2. The Morgan fingerprint density at radius 3 is 2.93 bits per heavy atom. The number of nitrogens with zero attached hydrogens (tertiary/aromatic N) is 3. The second-order valence-corrected chi connectivity index (χ2v) is 7.70. The minimum absolute atomic E-state index is 0.102. The molecule has 7 nitrogen and oxygen atoms in total. The molecule has 1 aromatic carbocycles. The van der Waals surface area contributed by atoms with Gasteiger partial charge in [0, 0.05) is 32.9 Å². The van der Waals surface area contributed by atoms with Crippen molar-refractivity contribution in [1.82, 2.24) is 20.2 Å². The Labute approximate surface area is 180 Å². The summed E-state index contributed by atoms with van der Waals surface area (Å²) in [4.78, 5) is 23.6. The molecule has 29 heavy (non-hydrogen) atoms. The molecule has 2 N–H and O–H groups in total. The normalized spacial score (nSPS) is 14.4. The van der Waals surface area contributed by atoms with Crippen LogP contribution in [0.1, 0.15) is 35.1 Å². The third-order valence-electron chi connectivity index (χ3n) is 4.82. The molecule has 1 aromatic heterocycles. The zero-order chi connectivity index (χ0) is 20.8. The maximum absolute atomic E-state index is 12.9. The van der Waals surface area contributed by atoms with Crippen LogP contribution in [0.4, 0.5) is 4.79 Å². The number of urea groups is 1. The topological polar surface area (TPSA) is 87.6 Å². The number of benzene rings is 1. The number of fused-ring (bicyclic) bond motifs is 1. The van der Waals surface area contributed by atoms with Crippen LogP contribution in [0.5, 0.6) is 0 Å². The quantitative estimate of drug-likeness (QED) is 0.692. The summed E-state index contributed by atoms with van der Waals surface area (Å²) in [5, 5.41) is 12.9.